The van der Waals surface area contributed by atoms with Crippen LogP contribution in [0.1, 0.15) is 70.7 Å². The van der Waals surface area contributed by atoms with Gasteiger partial charge in [-0.1, -0.05) is 46.3 Å². The van der Waals surface area contributed by atoms with Gasteiger partial charge in [-0.05, 0) is 66.9 Å². The Morgan fingerprint density at radius 3 is 2.50 bits per heavy atom. The second-order valence-electron chi connectivity index (χ2n) is 9.21. The van der Waals surface area contributed by atoms with E-state index in [1.165, 1.54) is 12.8 Å². The van der Waals surface area contributed by atoms with Crippen molar-refractivity contribution in [3.63, 3.8) is 0 Å². The summed E-state index contributed by atoms with van der Waals surface area (Å²) in [6.07, 6.45) is 10.3. The summed E-state index contributed by atoms with van der Waals surface area (Å²) in [5.41, 5.74) is 2.57. The molecule has 0 aliphatic heterocycles. The molecule has 1 saturated carbocycles. The SMILES string of the molecule is CC(C)C1CC=C2C[C@@H](NC(=O)c3ccncc3)CC[C@]2(C)C1C(C)C. The Labute approximate surface area is 158 Å². The van der Waals surface area contributed by atoms with E-state index in [2.05, 4.69) is 51.0 Å². The molecule has 2 unspecified atom stereocenters. The molecule has 0 bridgehead atoms. The van der Waals surface area contributed by atoms with E-state index >= 15 is 0 Å². The van der Waals surface area contributed by atoms with Crippen LogP contribution in [0.25, 0.3) is 0 Å². The van der Waals surface area contributed by atoms with E-state index in [0.29, 0.717) is 16.9 Å². The fourth-order valence-corrected chi connectivity index (χ4v) is 5.64. The van der Waals surface area contributed by atoms with Crippen LogP contribution in [0, 0.1) is 29.1 Å². The van der Waals surface area contributed by atoms with Crippen LogP contribution in [0.4, 0.5) is 0 Å². The lowest BCUT2D eigenvalue weighted by molar-refractivity contribution is 0.0387. The summed E-state index contributed by atoms with van der Waals surface area (Å²) in [6, 6.07) is 3.81. The molecule has 0 spiro atoms. The maximum Gasteiger partial charge on any atom is 0.251 e. The third-order valence-electron chi connectivity index (χ3n) is 6.90. The Hall–Kier alpha value is -1.64. The van der Waals surface area contributed by atoms with Gasteiger partial charge in [0.05, 0.1) is 0 Å². The molecule has 142 valence electrons. The van der Waals surface area contributed by atoms with E-state index in [0.717, 1.165) is 30.6 Å². The van der Waals surface area contributed by atoms with Crippen molar-refractivity contribution in [1.82, 2.24) is 10.3 Å². The topological polar surface area (TPSA) is 42.0 Å². The normalized spacial score (nSPS) is 31.5. The van der Waals surface area contributed by atoms with Crippen molar-refractivity contribution >= 4 is 5.91 Å². The number of carbonyl (C=O) groups is 1. The Bertz CT molecular complexity index is 664. The molecule has 1 N–H and O–H groups in total. The average Bonchev–Trinajstić information content (AvgIpc) is 2.61. The highest BCUT2D eigenvalue weighted by atomic mass is 16.1. The first kappa shape index (κ1) is 19.1. The lowest BCUT2D eigenvalue weighted by Crippen LogP contribution is -2.48. The minimum Gasteiger partial charge on any atom is -0.349 e. The zero-order valence-electron chi connectivity index (χ0n) is 17.0. The first-order chi connectivity index (χ1) is 12.3. The first-order valence-corrected chi connectivity index (χ1v) is 10.2. The molecule has 3 nitrogen and oxygen atoms in total. The van der Waals surface area contributed by atoms with Crippen molar-refractivity contribution in [1.29, 1.82) is 0 Å². The highest BCUT2D eigenvalue weighted by Crippen LogP contribution is 2.56. The van der Waals surface area contributed by atoms with Gasteiger partial charge in [-0.2, -0.15) is 0 Å². The number of amides is 1. The Morgan fingerprint density at radius 1 is 1.19 bits per heavy atom. The summed E-state index contributed by atoms with van der Waals surface area (Å²) < 4.78 is 0. The van der Waals surface area contributed by atoms with Crippen LogP contribution in [0.15, 0.2) is 36.2 Å². The minimum atomic E-state index is 0.0258. The molecule has 0 aromatic carbocycles. The van der Waals surface area contributed by atoms with Gasteiger partial charge in [0.15, 0.2) is 0 Å². The summed E-state index contributed by atoms with van der Waals surface area (Å²) in [7, 11) is 0. The van der Waals surface area contributed by atoms with E-state index < -0.39 is 0 Å². The number of nitrogens with zero attached hydrogens (tertiary/aromatic N) is 1. The molecule has 1 fully saturated rings. The lowest BCUT2D eigenvalue weighted by atomic mass is 9.52. The number of hydrogen-bond acceptors (Lipinski definition) is 2. The molecule has 1 heterocycles. The van der Waals surface area contributed by atoms with Crippen molar-refractivity contribution in [2.75, 3.05) is 0 Å². The zero-order chi connectivity index (χ0) is 18.9. The number of rotatable bonds is 4. The van der Waals surface area contributed by atoms with E-state index in [4.69, 9.17) is 0 Å². The van der Waals surface area contributed by atoms with Crippen LogP contribution < -0.4 is 5.32 Å². The highest BCUT2D eigenvalue weighted by Gasteiger charge is 2.48. The number of nitrogens with one attached hydrogen (secondary N) is 1. The summed E-state index contributed by atoms with van der Waals surface area (Å²) in [5, 5.41) is 3.26. The van der Waals surface area contributed by atoms with Gasteiger partial charge in [-0.25, -0.2) is 0 Å². The molecule has 2 aliphatic carbocycles. The standard InChI is InChI=1S/C23H34N2O/c1-15(2)20-7-6-18-14-19(8-11-23(18,5)21(20)16(3)4)25-22(26)17-9-12-24-13-10-17/h6,9-10,12-13,15-16,19-21H,7-8,11,14H2,1-5H3,(H,25,26)/t19-,20?,21?,23-/m0/s1. The van der Waals surface area contributed by atoms with E-state index in [1.807, 2.05) is 0 Å². The molecule has 1 amide bonds. The molecular formula is C23H34N2O. The molecule has 1 aromatic heterocycles. The van der Waals surface area contributed by atoms with Crippen molar-refractivity contribution in [2.24, 2.45) is 29.1 Å². The van der Waals surface area contributed by atoms with Crippen LogP contribution in [-0.4, -0.2) is 16.9 Å². The van der Waals surface area contributed by atoms with Crippen molar-refractivity contribution in [3.05, 3.63) is 41.7 Å². The van der Waals surface area contributed by atoms with Crippen LogP contribution in [0.2, 0.25) is 0 Å². The first-order valence-electron chi connectivity index (χ1n) is 10.2. The Kier molecular flexibility index (Phi) is 5.55. The maximum atomic E-state index is 12.5. The Morgan fingerprint density at radius 2 is 1.88 bits per heavy atom. The molecular weight excluding hydrogens is 320 g/mol. The number of hydrogen-bond donors (Lipinski definition) is 1. The number of fused-ring (bicyclic) bond motifs is 1. The predicted molar refractivity (Wildman–Crippen MR) is 107 cm³/mol. The molecule has 3 rings (SSSR count). The predicted octanol–water partition coefficient (Wildman–Crippen LogP) is 5.24. The van der Waals surface area contributed by atoms with Gasteiger partial charge < -0.3 is 5.32 Å². The Balaban J connectivity index is 1.75. The van der Waals surface area contributed by atoms with Crippen LogP contribution in [0.5, 0.6) is 0 Å². The van der Waals surface area contributed by atoms with Crippen LogP contribution in [0.3, 0.4) is 0 Å². The fourth-order valence-electron chi connectivity index (χ4n) is 5.64. The summed E-state index contributed by atoms with van der Waals surface area (Å²) in [4.78, 5) is 16.5. The molecule has 26 heavy (non-hydrogen) atoms. The number of allylic oxidation sites excluding steroid dienone is 1. The molecule has 1 aromatic rings. The number of carbonyl (C=O) groups excluding carboxylic acids is 1. The molecule has 0 saturated heterocycles. The zero-order valence-corrected chi connectivity index (χ0v) is 17.0. The molecule has 3 heteroatoms. The third-order valence-corrected chi connectivity index (χ3v) is 6.90. The van der Waals surface area contributed by atoms with Gasteiger partial charge in [0.25, 0.3) is 5.91 Å². The second-order valence-corrected chi connectivity index (χ2v) is 9.21. The summed E-state index contributed by atoms with van der Waals surface area (Å²) in [6.45, 7) is 12.0. The van der Waals surface area contributed by atoms with Gasteiger partial charge in [-0.15, -0.1) is 0 Å². The van der Waals surface area contributed by atoms with Gasteiger partial charge in [0.2, 0.25) is 0 Å². The average molecular weight is 355 g/mol. The summed E-state index contributed by atoms with van der Waals surface area (Å²) >= 11 is 0. The third kappa shape index (κ3) is 3.58. The number of aromatic nitrogens is 1. The van der Waals surface area contributed by atoms with Crippen LogP contribution >= 0.6 is 0 Å². The van der Waals surface area contributed by atoms with Crippen molar-refractivity contribution < 1.29 is 4.79 Å². The summed E-state index contributed by atoms with van der Waals surface area (Å²) in [5.74, 6) is 2.95. The second kappa shape index (κ2) is 7.54. The van der Waals surface area contributed by atoms with Crippen molar-refractivity contribution in [2.45, 2.75) is 66.3 Å². The lowest BCUT2D eigenvalue weighted by Gasteiger charge is -2.53. The monoisotopic (exact) mass is 354 g/mol. The van der Waals surface area contributed by atoms with Gasteiger partial charge in [-0.3, -0.25) is 9.78 Å². The van der Waals surface area contributed by atoms with Crippen molar-refractivity contribution in [3.8, 4) is 0 Å². The van der Waals surface area contributed by atoms with Gasteiger partial charge in [0.1, 0.15) is 0 Å². The van der Waals surface area contributed by atoms with Gasteiger partial charge >= 0.3 is 0 Å². The number of pyridine rings is 1. The van der Waals surface area contributed by atoms with Crippen LogP contribution in [-0.2, 0) is 0 Å². The maximum absolute atomic E-state index is 12.5. The smallest absolute Gasteiger partial charge is 0.251 e. The minimum absolute atomic E-state index is 0.0258. The van der Waals surface area contributed by atoms with E-state index in [9.17, 15) is 4.79 Å². The largest absolute Gasteiger partial charge is 0.349 e. The molecule has 2 aliphatic rings. The quantitative estimate of drug-likeness (QED) is 0.751. The van der Waals surface area contributed by atoms with E-state index in [1.54, 1.807) is 30.1 Å². The van der Waals surface area contributed by atoms with Gasteiger partial charge in [0, 0.05) is 24.0 Å². The highest BCUT2D eigenvalue weighted by molar-refractivity contribution is 5.94. The van der Waals surface area contributed by atoms with E-state index in [-0.39, 0.29) is 11.9 Å². The fraction of sp³-hybridized carbons (Fsp3) is 0.652. The molecule has 0 radical (unpaired) electrons. The molecule has 4 atom stereocenters.